The third kappa shape index (κ3) is 4.19. The molecule has 0 atom stereocenters. The van der Waals surface area contributed by atoms with E-state index in [0.717, 1.165) is 0 Å². The second-order valence-corrected chi connectivity index (χ2v) is 4.96. The Morgan fingerprint density at radius 2 is 1.68 bits per heavy atom. The van der Waals surface area contributed by atoms with E-state index >= 15 is 0 Å². The number of anilines is 1. The molecule has 0 aliphatic heterocycles. The zero-order chi connectivity index (χ0) is 16.1. The van der Waals surface area contributed by atoms with Gasteiger partial charge < -0.3 is 0 Å². The largest absolute Gasteiger partial charge is 0.298 e. The van der Waals surface area contributed by atoms with Gasteiger partial charge in [-0.15, -0.1) is 0 Å². The first kappa shape index (κ1) is 15.8. The maximum atomic E-state index is 12.0. The number of benzene rings is 1. The smallest absolute Gasteiger partial charge is 0.257 e. The third-order valence-corrected chi connectivity index (χ3v) is 2.87. The Hall–Kier alpha value is -2.61. The molecule has 22 heavy (non-hydrogen) atoms. The van der Waals surface area contributed by atoms with Gasteiger partial charge in [0, 0.05) is 12.6 Å². The maximum Gasteiger partial charge on any atom is 0.257 e. The summed E-state index contributed by atoms with van der Waals surface area (Å²) in [5.41, 5.74) is 3.36. The van der Waals surface area contributed by atoms with Crippen molar-refractivity contribution < 1.29 is 4.79 Å². The number of carbonyl (C=O) groups excluding carboxylic acids is 1. The fourth-order valence-electron chi connectivity index (χ4n) is 1.74. The minimum Gasteiger partial charge on any atom is -0.298 e. The highest BCUT2D eigenvalue weighted by molar-refractivity contribution is 7.80. The standard InChI is InChI=1S/C14H16N6OS/c1-9-15-10(2)17-13(16-9)20(3)19-14(22)18-12(21)11-7-5-4-6-8-11/h4-8H,1-3H3,(H2,18,19,21,22). The van der Waals surface area contributed by atoms with Crippen LogP contribution in [0.15, 0.2) is 30.3 Å². The van der Waals surface area contributed by atoms with Crippen molar-refractivity contribution >= 4 is 29.2 Å². The molecule has 0 aliphatic rings. The van der Waals surface area contributed by atoms with Gasteiger partial charge in [-0.25, -0.2) is 4.98 Å². The van der Waals surface area contributed by atoms with E-state index in [1.165, 1.54) is 5.01 Å². The van der Waals surface area contributed by atoms with Gasteiger partial charge in [0.2, 0.25) is 5.95 Å². The molecule has 1 aromatic heterocycles. The lowest BCUT2D eigenvalue weighted by atomic mass is 10.2. The van der Waals surface area contributed by atoms with Crippen molar-refractivity contribution in [3.05, 3.63) is 47.5 Å². The molecule has 0 saturated heterocycles. The summed E-state index contributed by atoms with van der Waals surface area (Å²) in [5, 5.41) is 4.28. The van der Waals surface area contributed by atoms with Crippen molar-refractivity contribution in [1.29, 1.82) is 0 Å². The van der Waals surface area contributed by atoms with E-state index in [1.54, 1.807) is 45.2 Å². The van der Waals surface area contributed by atoms with Crippen LogP contribution in [0.3, 0.4) is 0 Å². The van der Waals surface area contributed by atoms with Crippen LogP contribution in [0.25, 0.3) is 0 Å². The van der Waals surface area contributed by atoms with Crippen molar-refractivity contribution in [2.75, 3.05) is 12.1 Å². The number of hydrogen-bond donors (Lipinski definition) is 2. The molecule has 2 rings (SSSR count). The molecule has 0 fully saturated rings. The maximum absolute atomic E-state index is 12.0. The van der Waals surface area contributed by atoms with Gasteiger partial charge in [0.1, 0.15) is 11.6 Å². The van der Waals surface area contributed by atoms with Crippen LogP contribution < -0.4 is 15.8 Å². The Labute approximate surface area is 133 Å². The first-order chi connectivity index (χ1) is 10.5. The summed E-state index contributed by atoms with van der Waals surface area (Å²) in [6.45, 7) is 3.56. The number of amides is 1. The number of hydrogen-bond acceptors (Lipinski definition) is 6. The molecule has 114 valence electrons. The molecule has 7 nitrogen and oxygen atoms in total. The van der Waals surface area contributed by atoms with Crippen LogP contribution in [0.4, 0.5) is 5.95 Å². The number of nitrogens with one attached hydrogen (secondary N) is 2. The van der Waals surface area contributed by atoms with E-state index < -0.39 is 0 Å². The van der Waals surface area contributed by atoms with Gasteiger partial charge >= 0.3 is 0 Å². The molecule has 0 unspecified atom stereocenters. The third-order valence-electron chi connectivity index (χ3n) is 2.68. The van der Waals surface area contributed by atoms with Gasteiger partial charge in [-0.05, 0) is 38.2 Å². The molecule has 0 bridgehead atoms. The zero-order valence-corrected chi connectivity index (χ0v) is 13.3. The number of hydrazine groups is 1. The second-order valence-electron chi connectivity index (χ2n) is 4.55. The SMILES string of the molecule is Cc1nc(C)nc(N(C)NC(=S)NC(=O)c2ccccc2)n1. The fraction of sp³-hybridized carbons (Fsp3) is 0.214. The lowest BCUT2D eigenvalue weighted by molar-refractivity contribution is 0.0976. The van der Waals surface area contributed by atoms with Gasteiger partial charge in [-0.3, -0.25) is 20.5 Å². The van der Waals surface area contributed by atoms with E-state index in [9.17, 15) is 4.79 Å². The van der Waals surface area contributed by atoms with Crippen molar-refractivity contribution in [2.24, 2.45) is 0 Å². The van der Waals surface area contributed by atoms with Gasteiger partial charge in [0.05, 0.1) is 0 Å². The Bertz CT molecular complexity index is 671. The molecule has 1 aromatic carbocycles. The predicted molar refractivity (Wildman–Crippen MR) is 87.3 cm³/mol. The highest BCUT2D eigenvalue weighted by atomic mass is 32.1. The van der Waals surface area contributed by atoms with E-state index in [-0.39, 0.29) is 11.0 Å². The van der Waals surface area contributed by atoms with E-state index in [1.807, 2.05) is 6.07 Å². The average molecular weight is 316 g/mol. The van der Waals surface area contributed by atoms with Crippen LogP contribution in [-0.2, 0) is 0 Å². The van der Waals surface area contributed by atoms with Crippen molar-refractivity contribution in [2.45, 2.75) is 13.8 Å². The summed E-state index contributed by atoms with van der Waals surface area (Å²) in [6.07, 6.45) is 0. The number of thiocarbonyl (C=S) groups is 1. The average Bonchev–Trinajstić information content (AvgIpc) is 2.47. The van der Waals surface area contributed by atoms with E-state index in [0.29, 0.717) is 23.2 Å². The molecule has 1 amide bonds. The summed E-state index contributed by atoms with van der Waals surface area (Å²) in [7, 11) is 1.70. The first-order valence-electron chi connectivity index (χ1n) is 6.55. The van der Waals surface area contributed by atoms with E-state index in [4.69, 9.17) is 12.2 Å². The molecule has 2 aromatic rings. The van der Waals surface area contributed by atoms with Crippen LogP contribution in [0.2, 0.25) is 0 Å². The molecular formula is C14H16N6OS. The molecule has 0 saturated carbocycles. The number of carbonyl (C=O) groups is 1. The van der Waals surface area contributed by atoms with Crippen molar-refractivity contribution in [3.8, 4) is 0 Å². The Kier molecular flexibility index (Phi) is 4.95. The fourth-order valence-corrected chi connectivity index (χ4v) is 1.97. The van der Waals surface area contributed by atoms with Crippen LogP contribution >= 0.6 is 12.2 Å². The number of aryl methyl sites for hydroxylation is 2. The summed E-state index contributed by atoms with van der Waals surface area (Å²) in [6, 6.07) is 8.83. The van der Waals surface area contributed by atoms with Gasteiger partial charge in [-0.1, -0.05) is 18.2 Å². The molecular weight excluding hydrogens is 300 g/mol. The molecule has 0 radical (unpaired) electrons. The van der Waals surface area contributed by atoms with Crippen LogP contribution in [0.5, 0.6) is 0 Å². The molecule has 0 spiro atoms. The van der Waals surface area contributed by atoms with E-state index in [2.05, 4.69) is 25.7 Å². The summed E-state index contributed by atoms with van der Waals surface area (Å²) < 4.78 is 0. The molecule has 0 aliphatic carbocycles. The van der Waals surface area contributed by atoms with Gasteiger partial charge in [0.15, 0.2) is 5.11 Å². The normalized spacial score (nSPS) is 9.95. The monoisotopic (exact) mass is 316 g/mol. The molecule has 8 heteroatoms. The minimum absolute atomic E-state index is 0.159. The lowest BCUT2D eigenvalue weighted by Gasteiger charge is -2.20. The topological polar surface area (TPSA) is 83.0 Å². The Morgan fingerprint density at radius 1 is 1.09 bits per heavy atom. The summed E-state index contributed by atoms with van der Waals surface area (Å²) in [4.78, 5) is 24.5. The Balaban J connectivity index is 1.98. The zero-order valence-electron chi connectivity index (χ0n) is 12.5. The number of aromatic nitrogens is 3. The minimum atomic E-state index is -0.283. The first-order valence-corrected chi connectivity index (χ1v) is 6.96. The summed E-state index contributed by atoms with van der Waals surface area (Å²) in [5.74, 6) is 1.35. The number of nitrogens with zero attached hydrogens (tertiary/aromatic N) is 4. The molecule has 1 heterocycles. The van der Waals surface area contributed by atoms with Gasteiger partial charge in [-0.2, -0.15) is 9.97 Å². The van der Waals surface area contributed by atoms with Crippen molar-refractivity contribution in [3.63, 3.8) is 0 Å². The Morgan fingerprint density at radius 3 is 2.27 bits per heavy atom. The van der Waals surface area contributed by atoms with Crippen LogP contribution in [0.1, 0.15) is 22.0 Å². The predicted octanol–water partition coefficient (Wildman–Crippen LogP) is 1.14. The number of rotatable bonds is 3. The second kappa shape index (κ2) is 6.90. The van der Waals surface area contributed by atoms with Crippen LogP contribution in [-0.4, -0.2) is 33.0 Å². The summed E-state index contributed by atoms with van der Waals surface area (Å²) >= 11 is 5.12. The van der Waals surface area contributed by atoms with Gasteiger partial charge in [0.25, 0.3) is 5.91 Å². The highest BCUT2D eigenvalue weighted by Gasteiger charge is 2.11. The quantitative estimate of drug-likeness (QED) is 0.649. The highest BCUT2D eigenvalue weighted by Crippen LogP contribution is 2.03. The van der Waals surface area contributed by atoms with Crippen LogP contribution in [0, 0.1) is 13.8 Å². The molecule has 2 N–H and O–H groups in total. The lowest BCUT2D eigenvalue weighted by Crippen LogP contribution is -2.48. The van der Waals surface area contributed by atoms with Crippen molar-refractivity contribution in [1.82, 2.24) is 25.7 Å².